The zero-order valence-electron chi connectivity index (χ0n) is 15.8. The first-order chi connectivity index (χ1) is 12.7. The first kappa shape index (κ1) is 21.1. The van der Waals surface area contributed by atoms with Crippen molar-refractivity contribution in [2.75, 3.05) is 39.8 Å². The molecule has 1 aliphatic rings. The lowest BCUT2D eigenvalue weighted by Crippen LogP contribution is -3.15. The molecule has 1 aromatic carbocycles. The monoisotopic (exact) mass is 399 g/mol. The number of imide groups is 1. The number of urea groups is 1. The highest BCUT2D eigenvalue weighted by molar-refractivity contribution is 7.89. The molecular weight excluding hydrogens is 372 g/mol. The summed E-state index contributed by atoms with van der Waals surface area (Å²) in [6.07, 6.45) is 0. The third-order valence-corrected chi connectivity index (χ3v) is 6.12. The summed E-state index contributed by atoms with van der Waals surface area (Å²) in [6.45, 7) is 5.35. The molecular formula is C17H27N4O5S+. The Bertz CT molecular complexity index is 756. The van der Waals surface area contributed by atoms with Crippen LogP contribution in [0.4, 0.5) is 4.79 Å². The van der Waals surface area contributed by atoms with E-state index in [1.807, 2.05) is 0 Å². The van der Waals surface area contributed by atoms with Gasteiger partial charge in [0.1, 0.15) is 5.75 Å². The van der Waals surface area contributed by atoms with Crippen molar-refractivity contribution >= 4 is 22.0 Å². The number of rotatable bonds is 6. The lowest BCUT2D eigenvalue weighted by atomic mass is 10.3. The second-order valence-electron chi connectivity index (χ2n) is 6.68. The Morgan fingerprint density at radius 1 is 1.19 bits per heavy atom. The van der Waals surface area contributed by atoms with Gasteiger partial charge in [-0.1, -0.05) is 0 Å². The molecule has 27 heavy (non-hydrogen) atoms. The molecule has 10 heteroatoms. The van der Waals surface area contributed by atoms with Gasteiger partial charge in [-0.2, -0.15) is 4.31 Å². The summed E-state index contributed by atoms with van der Waals surface area (Å²) < 4.78 is 31.9. The second-order valence-corrected chi connectivity index (χ2v) is 8.62. The van der Waals surface area contributed by atoms with Crippen molar-refractivity contribution in [3.8, 4) is 5.75 Å². The molecule has 0 bridgehead atoms. The van der Waals surface area contributed by atoms with Gasteiger partial charge in [-0.3, -0.25) is 10.1 Å². The molecule has 3 N–H and O–H groups in total. The number of nitrogens with one attached hydrogen (secondary N) is 3. The van der Waals surface area contributed by atoms with Crippen LogP contribution in [0.5, 0.6) is 5.75 Å². The predicted octanol–water partition coefficient (Wildman–Crippen LogP) is -1.18. The van der Waals surface area contributed by atoms with Gasteiger partial charge in [0.25, 0.3) is 5.91 Å². The number of amides is 3. The van der Waals surface area contributed by atoms with Crippen LogP contribution in [0.15, 0.2) is 29.2 Å². The van der Waals surface area contributed by atoms with Gasteiger partial charge >= 0.3 is 6.03 Å². The minimum atomic E-state index is -3.57. The number of piperazine rings is 1. The molecule has 0 radical (unpaired) electrons. The molecule has 1 fully saturated rings. The zero-order chi connectivity index (χ0) is 20.0. The molecule has 0 aromatic heterocycles. The number of sulfonamides is 1. The summed E-state index contributed by atoms with van der Waals surface area (Å²) in [5.74, 6) is 0.213. The highest BCUT2D eigenvalue weighted by Gasteiger charge is 2.31. The summed E-state index contributed by atoms with van der Waals surface area (Å²) in [6, 6.07) is 5.69. The molecule has 2 rings (SSSR count). The predicted molar refractivity (Wildman–Crippen MR) is 99.1 cm³/mol. The number of carbonyl (C=O) groups is 2. The van der Waals surface area contributed by atoms with Crippen molar-refractivity contribution < 1.29 is 27.6 Å². The SMILES string of the molecule is COc1ccc(S(=O)(=O)N2CC[NH+](CC(=O)NC(=O)NC(C)C)CC2)cc1. The van der Waals surface area contributed by atoms with E-state index in [2.05, 4.69) is 10.6 Å². The van der Waals surface area contributed by atoms with Crippen molar-refractivity contribution in [2.45, 2.75) is 24.8 Å². The Morgan fingerprint density at radius 3 is 2.30 bits per heavy atom. The number of hydrogen-bond donors (Lipinski definition) is 3. The third kappa shape index (κ3) is 5.91. The first-order valence-electron chi connectivity index (χ1n) is 8.80. The van der Waals surface area contributed by atoms with Crippen molar-refractivity contribution in [1.29, 1.82) is 0 Å². The van der Waals surface area contributed by atoms with Crippen LogP contribution >= 0.6 is 0 Å². The number of carbonyl (C=O) groups excluding carboxylic acids is 2. The van der Waals surface area contributed by atoms with Gasteiger partial charge in [-0.05, 0) is 38.1 Å². The fourth-order valence-electron chi connectivity index (χ4n) is 2.81. The van der Waals surface area contributed by atoms with E-state index in [0.717, 1.165) is 4.90 Å². The summed E-state index contributed by atoms with van der Waals surface area (Å²) in [4.78, 5) is 24.6. The number of methoxy groups -OCH3 is 1. The summed E-state index contributed by atoms with van der Waals surface area (Å²) in [5, 5.41) is 4.87. The van der Waals surface area contributed by atoms with Crippen molar-refractivity contribution in [3.05, 3.63) is 24.3 Å². The highest BCUT2D eigenvalue weighted by atomic mass is 32.2. The van der Waals surface area contributed by atoms with E-state index in [1.54, 1.807) is 26.0 Å². The fourth-order valence-corrected chi connectivity index (χ4v) is 4.25. The maximum Gasteiger partial charge on any atom is 0.321 e. The minimum absolute atomic E-state index is 0.0585. The van der Waals surface area contributed by atoms with Crippen LogP contribution in [0.25, 0.3) is 0 Å². The number of quaternary nitrogens is 1. The molecule has 9 nitrogen and oxygen atoms in total. The van der Waals surface area contributed by atoms with Gasteiger partial charge in [-0.15, -0.1) is 0 Å². The highest BCUT2D eigenvalue weighted by Crippen LogP contribution is 2.19. The molecule has 1 aromatic rings. The van der Waals surface area contributed by atoms with Gasteiger partial charge < -0.3 is 15.0 Å². The van der Waals surface area contributed by atoms with Crippen LogP contribution in [-0.2, 0) is 14.8 Å². The lowest BCUT2D eigenvalue weighted by Gasteiger charge is -2.31. The molecule has 150 valence electrons. The van der Waals surface area contributed by atoms with Gasteiger partial charge in [-0.25, -0.2) is 13.2 Å². The molecule has 0 atom stereocenters. The van der Waals surface area contributed by atoms with E-state index in [0.29, 0.717) is 31.9 Å². The summed E-state index contributed by atoms with van der Waals surface area (Å²) in [7, 11) is -2.05. The van der Waals surface area contributed by atoms with E-state index in [4.69, 9.17) is 4.74 Å². The molecule has 0 aliphatic carbocycles. The fraction of sp³-hybridized carbons (Fsp3) is 0.529. The zero-order valence-corrected chi connectivity index (χ0v) is 16.6. The van der Waals surface area contributed by atoms with Gasteiger partial charge in [0.15, 0.2) is 6.54 Å². The van der Waals surface area contributed by atoms with Crippen LogP contribution in [-0.4, -0.2) is 70.5 Å². The molecule has 1 heterocycles. The maximum atomic E-state index is 12.7. The van der Waals surface area contributed by atoms with Crippen LogP contribution < -0.4 is 20.3 Å². The average molecular weight is 399 g/mol. The van der Waals surface area contributed by atoms with Crippen molar-refractivity contribution in [3.63, 3.8) is 0 Å². The van der Waals surface area contributed by atoms with Gasteiger partial charge in [0.2, 0.25) is 10.0 Å². The van der Waals surface area contributed by atoms with Crippen molar-refractivity contribution in [2.24, 2.45) is 0 Å². The third-order valence-electron chi connectivity index (χ3n) is 4.21. The summed E-state index contributed by atoms with van der Waals surface area (Å²) in [5.41, 5.74) is 0. The Hall–Kier alpha value is -2.17. The molecule has 0 unspecified atom stereocenters. The molecule has 1 saturated heterocycles. The number of nitrogens with zero attached hydrogens (tertiary/aromatic N) is 1. The molecule has 3 amide bonds. The Morgan fingerprint density at radius 2 is 1.78 bits per heavy atom. The van der Waals surface area contributed by atoms with Gasteiger partial charge in [0.05, 0.1) is 38.2 Å². The maximum absolute atomic E-state index is 12.7. The quantitative estimate of drug-likeness (QED) is 0.558. The number of hydrogen-bond acceptors (Lipinski definition) is 5. The van der Waals surface area contributed by atoms with Crippen molar-refractivity contribution in [1.82, 2.24) is 14.9 Å². The standard InChI is InChI=1S/C17H26N4O5S/c1-13(2)18-17(23)19-16(22)12-20-8-10-21(11-9-20)27(24,25)15-6-4-14(26-3)5-7-15/h4-7,13H,8-12H2,1-3H3,(H2,18,19,22,23)/p+1. The van der Waals surface area contributed by atoms with Gasteiger partial charge in [0, 0.05) is 6.04 Å². The normalized spacial score (nSPS) is 16.1. The Kier molecular flexibility index (Phi) is 7.17. The van der Waals surface area contributed by atoms with E-state index < -0.39 is 16.1 Å². The number of ether oxygens (including phenoxy) is 1. The van der Waals surface area contributed by atoms with E-state index >= 15 is 0 Å². The van der Waals surface area contributed by atoms with Crippen LogP contribution in [0, 0.1) is 0 Å². The van der Waals surface area contributed by atoms with E-state index in [9.17, 15) is 18.0 Å². The lowest BCUT2D eigenvalue weighted by molar-refractivity contribution is -0.895. The topological polar surface area (TPSA) is 109 Å². The van der Waals surface area contributed by atoms with Crippen LogP contribution in [0.2, 0.25) is 0 Å². The average Bonchev–Trinajstić information content (AvgIpc) is 2.61. The van der Waals surface area contributed by atoms with Crippen LogP contribution in [0.1, 0.15) is 13.8 Å². The molecule has 0 saturated carbocycles. The second kappa shape index (κ2) is 9.16. The summed E-state index contributed by atoms with van der Waals surface area (Å²) >= 11 is 0. The molecule has 1 aliphatic heterocycles. The smallest absolute Gasteiger partial charge is 0.321 e. The minimum Gasteiger partial charge on any atom is -0.497 e. The molecule has 0 spiro atoms. The Balaban J connectivity index is 1.86. The van der Waals surface area contributed by atoms with E-state index in [-0.39, 0.29) is 23.4 Å². The van der Waals surface area contributed by atoms with Crippen LogP contribution in [0.3, 0.4) is 0 Å². The Labute approximate surface area is 159 Å². The largest absolute Gasteiger partial charge is 0.497 e. The first-order valence-corrected chi connectivity index (χ1v) is 10.2. The van der Waals surface area contributed by atoms with E-state index in [1.165, 1.54) is 23.5 Å². The number of benzene rings is 1.